The molecule has 1 saturated heterocycles. The van der Waals surface area contributed by atoms with Gasteiger partial charge in [0, 0.05) is 12.6 Å². The minimum Gasteiger partial charge on any atom is -0.481 e. The molecule has 3 nitrogen and oxygen atoms in total. The van der Waals surface area contributed by atoms with Crippen molar-refractivity contribution in [1.82, 2.24) is 4.90 Å². The maximum absolute atomic E-state index is 13.8. The predicted octanol–water partition coefficient (Wildman–Crippen LogP) is 2.06. The van der Waals surface area contributed by atoms with Crippen molar-refractivity contribution in [1.29, 1.82) is 0 Å². The molecule has 0 bridgehead atoms. The van der Waals surface area contributed by atoms with Gasteiger partial charge in [0.1, 0.15) is 6.17 Å². The number of hydrogen-bond donors (Lipinski definition) is 1. The average molecular weight is 229 g/mol. The van der Waals surface area contributed by atoms with Crippen LogP contribution >= 0.6 is 0 Å². The molecule has 1 aliphatic heterocycles. The highest BCUT2D eigenvalue weighted by atomic mass is 19.1. The fraction of sp³-hybridized carbons (Fsp3) is 0.917. The van der Waals surface area contributed by atoms with Gasteiger partial charge in [-0.2, -0.15) is 0 Å². The van der Waals surface area contributed by atoms with Gasteiger partial charge in [-0.3, -0.25) is 9.69 Å². The Hall–Kier alpha value is -0.640. The molecule has 1 saturated carbocycles. The van der Waals surface area contributed by atoms with Crippen LogP contribution in [0, 0.1) is 5.92 Å². The largest absolute Gasteiger partial charge is 0.481 e. The number of aliphatic carboxylic acids is 1. The normalized spacial score (nSPS) is 37.2. The van der Waals surface area contributed by atoms with Gasteiger partial charge in [-0.25, -0.2) is 4.39 Å². The summed E-state index contributed by atoms with van der Waals surface area (Å²) in [4.78, 5) is 13.0. The highest BCUT2D eigenvalue weighted by Crippen LogP contribution is 2.29. The van der Waals surface area contributed by atoms with Gasteiger partial charge in [-0.1, -0.05) is 12.8 Å². The molecule has 1 heterocycles. The Morgan fingerprint density at radius 1 is 1.19 bits per heavy atom. The van der Waals surface area contributed by atoms with E-state index in [2.05, 4.69) is 4.90 Å². The van der Waals surface area contributed by atoms with Crippen molar-refractivity contribution in [2.75, 3.05) is 13.1 Å². The number of carboxylic acid groups (broad SMARTS) is 1. The van der Waals surface area contributed by atoms with Crippen molar-refractivity contribution >= 4 is 5.97 Å². The Morgan fingerprint density at radius 3 is 2.62 bits per heavy atom. The van der Waals surface area contributed by atoms with E-state index in [9.17, 15) is 9.18 Å². The fourth-order valence-electron chi connectivity index (χ4n) is 2.99. The molecule has 3 unspecified atom stereocenters. The summed E-state index contributed by atoms with van der Waals surface area (Å²) in [5.74, 6) is -1.02. The second kappa shape index (κ2) is 5.13. The third-order valence-corrected chi connectivity index (χ3v) is 3.92. The standard InChI is InChI=1S/C12H20FNO2/c13-10-5-1-2-6-11(10)14-7-3-4-9(8-14)12(15)16/h9-11H,1-8H2,(H,15,16). The molecule has 2 rings (SSSR count). The predicted molar refractivity (Wildman–Crippen MR) is 59.1 cm³/mol. The zero-order valence-electron chi connectivity index (χ0n) is 9.57. The lowest BCUT2D eigenvalue weighted by Gasteiger charge is -2.40. The van der Waals surface area contributed by atoms with Crippen LogP contribution in [0.15, 0.2) is 0 Å². The minimum atomic E-state index is -0.749. The lowest BCUT2D eigenvalue weighted by atomic mass is 9.89. The van der Waals surface area contributed by atoms with Gasteiger partial charge >= 0.3 is 5.97 Å². The third-order valence-electron chi connectivity index (χ3n) is 3.92. The highest BCUT2D eigenvalue weighted by Gasteiger charge is 2.34. The minimum absolute atomic E-state index is 0.0177. The molecule has 3 atom stereocenters. The molecule has 92 valence electrons. The van der Waals surface area contributed by atoms with E-state index in [1.165, 1.54) is 0 Å². The van der Waals surface area contributed by atoms with Gasteiger partial charge in [0.25, 0.3) is 0 Å². The lowest BCUT2D eigenvalue weighted by Crippen LogP contribution is -2.49. The molecular formula is C12H20FNO2. The van der Waals surface area contributed by atoms with Crippen molar-refractivity contribution in [3.05, 3.63) is 0 Å². The molecule has 4 heteroatoms. The number of likely N-dealkylation sites (tertiary alicyclic amines) is 1. The van der Waals surface area contributed by atoms with Gasteiger partial charge in [0.2, 0.25) is 0 Å². The fourth-order valence-corrected chi connectivity index (χ4v) is 2.99. The first-order chi connectivity index (χ1) is 7.68. The molecule has 0 radical (unpaired) electrons. The van der Waals surface area contributed by atoms with Crippen molar-refractivity contribution in [2.45, 2.75) is 50.7 Å². The van der Waals surface area contributed by atoms with E-state index < -0.39 is 12.1 Å². The summed E-state index contributed by atoms with van der Waals surface area (Å²) in [5.41, 5.74) is 0. The molecule has 1 N–H and O–H groups in total. The van der Waals surface area contributed by atoms with Gasteiger partial charge in [0.05, 0.1) is 5.92 Å². The van der Waals surface area contributed by atoms with E-state index in [0.717, 1.165) is 38.6 Å². The van der Waals surface area contributed by atoms with Crippen molar-refractivity contribution in [2.24, 2.45) is 5.92 Å². The molecule has 0 aromatic heterocycles. The summed E-state index contributed by atoms with van der Waals surface area (Å²) in [6.45, 7) is 1.41. The molecular weight excluding hydrogens is 209 g/mol. The SMILES string of the molecule is O=C(O)C1CCCN(C2CCCCC2F)C1. The Labute approximate surface area is 95.6 Å². The smallest absolute Gasteiger partial charge is 0.307 e. The molecule has 0 amide bonds. The maximum atomic E-state index is 13.8. The summed E-state index contributed by atoms with van der Waals surface area (Å²) in [5, 5.41) is 9.00. The summed E-state index contributed by atoms with van der Waals surface area (Å²) in [6, 6.07) is -0.0177. The molecule has 0 aromatic rings. The number of rotatable bonds is 2. The summed E-state index contributed by atoms with van der Waals surface area (Å²) in [7, 11) is 0. The molecule has 0 spiro atoms. The molecule has 0 aromatic carbocycles. The number of halogens is 1. The zero-order chi connectivity index (χ0) is 11.5. The van der Waals surface area contributed by atoms with Crippen LogP contribution in [0.2, 0.25) is 0 Å². The van der Waals surface area contributed by atoms with E-state index in [1.54, 1.807) is 0 Å². The molecule has 2 aliphatic rings. The highest BCUT2D eigenvalue weighted by molar-refractivity contribution is 5.70. The number of carbonyl (C=O) groups is 1. The van der Waals surface area contributed by atoms with E-state index in [0.29, 0.717) is 13.0 Å². The quantitative estimate of drug-likeness (QED) is 0.788. The second-order valence-corrected chi connectivity index (χ2v) is 5.04. The number of hydrogen-bond acceptors (Lipinski definition) is 2. The first-order valence-electron chi connectivity index (χ1n) is 6.29. The molecule has 2 fully saturated rings. The lowest BCUT2D eigenvalue weighted by molar-refractivity contribution is -0.144. The first-order valence-corrected chi connectivity index (χ1v) is 6.29. The Bertz CT molecular complexity index is 259. The Kier molecular flexibility index (Phi) is 3.79. The van der Waals surface area contributed by atoms with Crippen LogP contribution in [0.1, 0.15) is 38.5 Å². The summed E-state index contributed by atoms with van der Waals surface area (Å²) in [6.07, 6.45) is 4.50. The maximum Gasteiger partial charge on any atom is 0.307 e. The molecule has 16 heavy (non-hydrogen) atoms. The molecule has 1 aliphatic carbocycles. The van der Waals surface area contributed by atoms with E-state index in [-0.39, 0.29) is 12.0 Å². The van der Waals surface area contributed by atoms with Crippen molar-refractivity contribution < 1.29 is 14.3 Å². The van der Waals surface area contributed by atoms with E-state index in [4.69, 9.17) is 5.11 Å². The zero-order valence-corrected chi connectivity index (χ0v) is 9.57. The van der Waals surface area contributed by atoms with Crippen LogP contribution in [0.4, 0.5) is 4.39 Å². The topological polar surface area (TPSA) is 40.5 Å². The van der Waals surface area contributed by atoms with Crippen LogP contribution in [0.25, 0.3) is 0 Å². The number of alkyl halides is 1. The number of piperidine rings is 1. The first kappa shape index (κ1) is 11.8. The second-order valence-electron chi connectivity index (χ2n) is 5.04. The van der Waals surface area contributed by atoms with E-state index >= 15 is 0 Å². The third kappa shape index (κ3) is 2.54. The van der Waals surface area contributed by atoms with Gasteiger partial charge in [-0.05, 0) is 32.2 Å². The number of carboxylic acids is 1. The van der Waals surface area contributed by atoms with Gasteiger partial charge in [-0.15, -0.1) is 0 Å². The average Bonchev–Trinajstić information content (AvgIpc) is 2.30. The van der Waals surface area contributed by atoms with Crippen LogP contribution in [-0.2, 0) is 4.79 Å². The van der Waals surface area contributed by atoms with E-state index in [1.807, 2.05) is 0 Å². The summed E-state index contributed by atoms with van der Waals surface area (Å²) >= 11 is 0. The van der Waals surface area contributed by atoms with Crippen LogP contribution in [0.3, 0.4) is 0 Å². The Balaban J connectivity index is 1.95. The van der Waals surface area contributed by atoms with Gasteiger partial charge in [0.15, 0.2) is 0 Å². The van der Waals surface area contributed by atoms with Crippen LogP contribution < -0.4 is 0 Å². The van der Waals surface area contributed by atoms with Crippen molar-refractivity contribution in [3.8, 4) is 0 Å². The van der Waals surface area contributed by atoms with Gasteiger partial charge < -0.3 is 5.11 Å². The Morgan fingerprint density at radius 2 is 1.94 bits per heavy atom. The monoisotopic (exact) mass is 229 g/mol. The van der Waals surface area contributed by atoms with Crippen LogP contribution in [0.5, 0.6) is 0 Å². The van der Waals surface area contributed by atoms with Crippen LogP contribution in [-0.4, -0.2) is 41.3 Å². The van der Waals surface area contributed by atoms with Crippen molar-refractivity contribution in [3.63, 3.8) is 0 Å². The number of nitrogens with zero attached hydrogens (tertiary/aromatic N) is 1. The summed E-state index contributed by atoms with van der Waals surface area (Å²) < 4.78 is 13.8.